The number of benzene rings is 1. The van der Waals surface area contributed by atoms with Gasteiger partial charge in [0.15, 0.2) is 0 Å². The fourth-order valence-corrected chi connectivity index (χ4v) is 3.29. The van der Waals surface area contributed by atoms with Crippen molar-refractivity contribution in [3.63, 3.8) is 0 Å². The second-order valence-corrected chi connectivity index (χ2v) is 5.97. The predicted octanol–water partition coefficient (Wildman–Crippen LogP) is 1.98. The van der Waals surface area contributed by atoms with Gasteiger partial charge in [0.1, 0.15) is 0 Å². The Morgan fingerprint density at radius 2 is 1.90 bits per heavy atom. The third kappa shape index (κ3) is 3.45. The van der Waals surface area contributed by atoms with Gasteiger partial charge in [-0.25, -0.2) is 0 Å². The minimum Gasteiger partial charge on any atom is -0.399 e. The molecule has 2 aliphatic rings. The largest absolute Gasteiger partial charge is 0.399 e. The second-order valence-electron chi connectivity index (χ2n) is 5.97. The molecule has 0 saturated carbocycles. The Bertz CT molecular complexity index is 523. The smallest absolute Gasteiger partial charge is 0.246 e. The lowest BCUT2D eigenvalue weighted by Gasteiger charge is -2.24. The van der Waals surface area contributed by atoms with Crippen molar-refractivity contribution in [1.82, 2.24) is 9.80 Å². The first-order valence-electron chi connectivity index (χ1n) is 7.79. The molecule has 3 rings (SSSR count). The molecular weight excluding hydrogens is 262 g/mol. The van der Waals surface area contributed by atoms with Crippen molar-refractivity contribution in [2.24, 2.45) is 0 Å². The number of hydrogen-bond donors (Lipinski definition) is 1. The summed E-state index contributed by atoms with van der Waals surface area (Å²) in [5.41, 5.74) is 7.41. The first-order chi connectivity index (χ1) is 10.2. The van der Waals surface area contributed by atoms with E-state index in [9.17, 15) is 4.79 Å². The van der Waals surface area contributed by atoms with Crippen LogP contribution < -0.4 is 5.73 Å². The Labute approximate surface area is 126 Å². The lowest BCUT2D eigenvalue weighted by atomic mass is 10.2. The van der Waals surface area contributed by atoms with Crippen molar-refractivity contribution in [2.45, 2.75) is 25.3 Å². The summed E-state index contributed by atoms with van der Waals surface area (Å²) >= 11 is 0. The maximum atomic E-state index is 12.4. The molecule has 2 aliphatic heterocycles. The molecule has 21 heavy (non-hydrogen) atoms. The van der Waals surface area contributed by atoms with Gasteiger partial charge in [0.25, 0.3) is 0 Å². The highest BCUT2D eigenvalue weighted by molar-refractivity contribution is 5.91. The molecule has 1 aromatic rings. The quantitative estimate of drug-likeness (QED) is 0.668. The molecular formula is C17H23N3O. The van der Waals surface area contributed by atoms with Crippen molar-refractivity contribution < 1.29 is 4.79 Å². The van der Waals surface area contributed by atoms with E-state index in [1.165, 1.54) is 19.4 Å². The molecule has 2 heterocycles. The third-order valence-electron chi connectivity index (χ3n) is 4.47. The van der Waals surface area contributed by atoms with Crippen LogP contribution in [0.5, 0.6) is 0 Å². The minimum atomic E-state index is 0.126. The molecule has 1 unspecified atom stereocenters. The standard InChI is InChI=1S/C17H23N3O/c18-15-7-4-14(5-8-15)6-9-17(21)20-12-2-11-19-10-1-3-16(19)13-20/h4-9,16H,1-3,10-13,18H2/b9-6+. The highest BCUT2D eigenvalue weighted by atomic mass is 16.2. The molecule has 0 bridgehead atoms. The van der Waals surface area contributed by atoms with Crippen molar-refractivity contribution in [3.8, 4) is 0 Å². The summed E-state index contributed by atoms with van der Waals surface area (Å²) in [6, 6.07) is 8.14. The summed E-state index contributed by atoms with van der Waals surface area (Å²) in [6.45, 7) is 4.09. The number of nitrogens with two attached hydrogens (primary N) is 1. The summed E-state index contributed by atoms with van der Waals surface area (Å²) in [7, 11) is 0. The maximum absolute atomic E-state index is 12.4. The van der Waals surface area contributed by atoms with Crippen LogP contribution >= 0.6 is 0 Å². The molecule has 0 aliphatic carbocycles. The van der Waals surface area contributed by atoms with Gasteiger partial charge in [-0.3, -0.25) is 9.69 Å². The van der Waals surface area contributed by atoms with Crippen LogP contribution in [0.1, 0.15) is 24.8 Å². The van der Waals surface area contributed by atoms with Crippen LogP contribution in [0.25, 0.3) is 6.08 Å². The number of nitrogens with zero attached hydrogens (tertiary/aromatic N) is 2. The molecule has 0 spiro atoms. The van der Waals surface area contributed by atoms with Crippen LogP contribution in [0.4, 0.5) is 5.69 Å². The molecule has 4 nitrogen and oxygen atoms in total. The number of carbonyl (C=O) groups excluding carboxylic acids is 1. The van der Waals surface area contributed by atoms with Gasteiger partial charge in [0, 0.05) is 37.4 Å². The molecule has 4 heteroatoms. The fourth-order valence-electron chi connectivity index (χ4n) is 3.29. The molecule has 2 fully saturated rings. The van der Waals surface area contributed by atoms with Gasteiger partial charge >= 0.3 is 0 Å². The van der Waals surface area contributed by atoms with Gasteiger partial charge in [-0.05, 0) is 49.6 Å². The number of nitrogen functional groups attached to an aromatic ring is 1. The summed E-state index contributed by atoms with van der Waals surface area (Å²) in [6.07, 6.45) is 7.15. The van der Waals surface area contributed by atoms with Crippen molar-refractivity contribution in [3.05, 3.63) is 35.9 Å². The maximum Gasteiger partial charge on any atom is 0.246 e. The van der Waals surface area contributed by atoms with E-state index in [4.69, 9.17) is 5.73 Å². The Morgan fingerprint density at radius 3 is 2.71 bits per heavy atom. The van der Waals surface area contributed by atoms with Crippen LogP contribution in [-0.2, 0) is 4.79 Å². The topological polar surface area (TPSA) is 49.6 Å². The van der Waals surface area contributed by atoms with Gasteiger partial charge in [-0.2, -0.15) is 0 Å². The van der Waals surface area contributed by atoms with Crippen molar-refractivity contribution >= 4 is 17.7 Å². The van der Waals surface area contributed by atoms with E-state index in [0.717, 1.165) is 37.3 Å². The van der Waals surface area contributed by atoms with E-state index in [0.29, 0.717) is 6.04 Å². The highest BCUT2D eigenvalue weighted by Crippen LogP contribution is 2.21. The second kappa shape index (κ2) is 6.31. The van der Waals surface area contributed by atoms with Gasteiger partial charge < -0.3 is 10.6 Å². The molecule has 1 amide bonds. The molecule has 112 valence electrons. The predicted molar refractivity (Wildman–Crippen MR) is 85.7 cm³/mol. The van der Waals surface area contributed by atoms with Crippen molar-refractivity contribution in [2.75, 3.05) is 31.9 Å². The number of fused-ring (bicyclic) bond motifs is 1. The van der Waals surface area contributed by atoms with Crippen LogP contribution in [0.15, 0.2) is 30.3 Å². The number of hydrogen-bond acceptors (Lipinski definition) is 3. The SMILES string of the molecule is Nc1ccc(/C=C/C(=O)N2CCCN3CCCC3C2)cc1. The van der Waals surface area contributed by atoms with E-state index in [-0.39, 0.29) is 5.91 Å². The lowest BCUT2D eigenvalue weighted by molar-refractivity contribution is -0.126. The van der Waals surface area contributed by atoms with E-state index >= 15 is 0 Å². The average molecular weight is 285 g/mol. The van der Waals surface area contributed by atoms with E-state index in [2.05, 4.69) is 4.90 Å². The zero-order chi connectivity index (χ0) is 14.7. The summed E-state index contributed by atoms with van der Waals surface area (Å²) in [5.74, 6) is 0.126. The van der Waals surface area contributed by atoms with Crippen LogP contribution in [-0.4, -0.2) is 47.9 Å². The molecule has 1 aromatic carbocycles. The minimum absolute atomic E-state index is 0.126. The van der Waals surface area contributed by atoms with Crippen LogP contribution in [0.3, 0.4) is 0 Å². The first-order valence-corrected chi connectivity index (χ1v) is 7.79. The zero-order valence-corrected chi connectivity index (χ0v) is 12.4. The van der Waals surface area contributed by atoms with Gasteiger partial charge in [0.2, 0.25) is 5.91 Å². The zero-order valence-electron chi connectivity index (χ0n) is 12.4. The number of carbonyl (C=O) groups is 1. The number of amides is 1. The Kier molecular flexibility index (Phi) is 4.25. The van der Waals surface area contributed by atoms with Gasteiger partial charge in [-0.15, -0.1) is 0 Å². The van der Waals surface area contributed by atoms with E-state index in [1.54, 1.807) is 6.08 Å². The summed E-state index contributed by atoms with van der Waals surface area (Å²) in [5, 5.41) is 0. The monoisotopic (exact) mass is 285 g/mol. The Hall–Kier alpha value is -1.81. The van der Waals surface area contributed by atoms with Gasteiger partial charge in [0.05, 0.1) is 0 Å². The summed E-state index contributed by atoms with van der Waals surface area (Å²) in [4.78, 5) is 16.9. The Morgan fingerprint density at radius 1 is 1.14 bits per heavy atom. The first kappa shape index (κ1) is 14.1. The van der Waals surface area contributed by atoms with Crippen LogP contribution in [0.2, 0.25) is 0 Å². The van der Waals surface area contributed by atoms with E-state index in [1.807, 2.05) is 35.2 Å². The fraction of sp³-hybridized carbons (Fsp3) is 0.471. The Balaban J connectivity index is 1.62. The normalized spacial score (nSPS) is 23.2. The molecule has 2 saturated heterocycles. The van der Waals surface area contributed by atoms with Crippen LogP contribution in [0, 0.1) is 0 Å². The molecule has 0 radical (unpaired) electrons. The lowest BCUT2D eigenvalue weighted by Crippen LogP contribution is -2.38. The summed E-state index contributed by atoms with van der Waals surface area (Å²) < 4.78 is 0. The molecule has 1 atom stereocenters. The molecule has 0 aromatic heterocycles. The third-order valence-corrected chi connectivity index (χ3v) is 4.47. The number of rotatable bonds is 2. The van der Waals surface area contributed by atoms with E-state index < -0.39 is 0 Å². The average Bonchev–Trinajstić information content (AvgIpc) is 2.83. The van der Waals surface area contributed by atoms with Crippen molar-refractivity contribution in [1.29, 1.82) is 0 Å². The number of anilines is 1. The molecule has 2 N–H and O–H groups in total. The van der Waals surface area contributed by atoms with Gasteiger partial charge in [-0.1, -0.05) is 12.1 Å². The highest BCUT2D eigenvalue weighted by Gasteiger charge is 2.29.